The standard InChI is InChI=1S/C27H30Cl2N4O/c1-17(22-8-7-21(28)16-23(22)29)33-18(2)31-24-9-6-20(15-26(24)33)19-10-13-32(14-11-19)27(34)25-5-3-4-12-30-25/h6-10,15-17,25,30H,3-5,11-14H2,1-2H3/t17?,25-/m1/s1. The van der Waals surface area contributed by atoms with E-state index in [2.05, 4.69) is 41.1 Å². The van der Waals surface area contributed by atoms with Gasteiger partial charge < -0.3 is 14.8 Å². The fourth-order valence-electron chi connectivity index (χ4n) is 5.30. The fraction of sp³-hybridized carbons (Fsp3) is 0.407. The van der Waals surface area contributed by atoms with E-state index in [0.717, 1.165) is 61.2 Å². The van der Waals surface area contributed by atoms with Gasteiger partial charge in [0.15, 0.2) is 0 Å². The third-order valence-corrected chi connectivity index (χ3v) is 7.73. The van der Waals surface area contributed by atoms with Crippen LogP contribution in [0.5, 0.6) is 0 Å². The second-order valence-electron chi connectivity index (χ2n) is 9.34. The molecule has 7 heteroatoms. The lowest BCUT2D eigenvalue weighted by atomic mass is 9.97. The molecule has 0 radical (unpaired) electrons. The van der Waals surface area contributed by atoms with Crippen LogP contribution in [0.2, 0.25) is 10.0 Å². The molecular formula is C27H30Cl2N4O. The fourth-order valence-corrected chi connectivity index (χ4v) is 5.86. The monoisotopic (exact) mass is 496 g/mol. The zero-order valence-electron chi connectivity index (χ0n) is 19.7. The first kappa shape index (κ1) is 23.4. The summed E-state index contributed by atoms with van der Waals surface area (Å²) in [6.45, 7) is 6.54. The van der Waals surface area contributed by atoms with Crippen molar-refractivity contribution in [2.24, 2.45) is 0 Å². The van der Waals surface area contributed by atoms with Gasteiger partial charge in [0.25, 0.3) is 0 Å². The number of amides is 1. The van der Waals surface area contributed by atoms with Crippen molar-refractivity contribution in [3.05, 3.63) is 69.5 Å². The van der Waals surface area contributed by atoms with Crippen molar-refractivity contribution in [3.8, 4) is 0 Å². The van der Waals surface area contributed by atoms with Crippen molar-refractivity contribution in [1.29, 1.82) is 0 Å². The Morgan fingerprint density at radius 3 is 2.74 bits per heavy atom. The van der Waals surface area contributed by atoms with E-state index in [1.807, 2.05) is 24.0 Å². The molecule has 0 aliphatic carbocycles. The van der Waals surface area contributed by atoms with Crippen molar-refractivity contribution in [3.63, 3.8) is 0 Å². The number of benzene rings is 2. The Kier molecular flexibility index (Phi) is 6.70. The van der Waals surface area contributed by atoms with Gasteiger partial charge in [-0.2, -0.15) is 0 Å². The van der Waals surface area contributed by atoms with Crippen LogP contribution in [-0.4, -0.2) is 46.0 Å². The maximum absolute atomic E-state index is 12.9. The number of piperidine rings is 1. The summed E-state index contributed by atoms with van der Waals surface area (Å²) < 4.78 is 2.24. The van der Waals surface area contributed by atoms with Gasteiger partial charge >= 0.3 is 0 Å². The molecular weight excluding hydrogens is 467 g/mol. The first-order valence-corrected chi connectivity index (χ1v) is 12.8. The third-order valence-electron chi connectivity index (χ3n) is 7.17. The van der Waals surface area contributed by atoms with E-state index in [1.165, 1.54) is 11.1 Å². The van der Waals surface area contributed by atoms with Crippen molar-refractivity contribution in [1.82, 2.24) is 19.8 Å². The Bertz CT molecular complexity index is 1260. The van der Waals surface area contributed by atoms with E-state index in [4.69, 9.17) is 28.2 Å². The number of hydrogen-bond donors (Lipinski definition) is 1. The van der Waals surface area contributed by atoms with E-state index >= 15 is 0 Å². The molecule has 1 N–H and O–H groups in total. The lowest BCUT2D eigenvalue weighted by molar-refractivity contribution is -0.133. The molecule has 2 aliphatic rings. The molecule has 0 bridgehead atoms. The smallest absolute Gasteiger partial charge is 0.239 e. The lowest BCUT2D eigenvalue weighted by Gasteiger charge is -2.32. The van der Waals surface area contributed by atoms with Gasteiger partial charge in [-0.25, -0.2) is 4.98 Å². The molecule has 34 heavy (non-hydrogen) atoms. The number of imidazole rings is 1. The van der Waals surface area contributed by atoms with E-state index < -0.39 is 0 Å². The van der Waals surface area contributed by atoms with Crippen LogP contribution >= 0.6 is 23.2 Å². The summed E-state index contributed by atoms with van der Waals surface area (Å²) in [7, 11) is 0. The normalized spacial score (nSPS) is 19.8. The largest absolute Gasteiger partial charge is 0.337 e. The average Bonchev–Trinajstić information content (AvgIpc) is 3.18. The first-order valence-electron chi connectivity index (χ1n) is 12.1. The van der Waals surface area contributed by atoms with E-state index in [1.54, 1.807) is 6.07 Å². The van der Waals surface area contributed by atoms with E-state index in [9.17, 15) is 4.79 Å². The molecule has 3 aromatic rings. The number of nitrogens with zero attached hydrogens (tertiary/aromatic N) is 3. The van der Waals surface area contributed by atoms with Crippen LogP contribution in [0.15, 0.2) is 42.5 Å². The maximum atomic E-state index is 12.9. The van der Waals surface area contributed by atoms with Gasteiger partial charge in [-0.15, -0.1) is 0 Å². The van der Waals surface area contributed by atoms with Crippen LogP contribution in [-0.2, 0) is 4.79 Å². The number of carbonyl (C=O) groups excluding carboxylic acids is 1. The van der Waals surface area contributed by atoms with Gasteiger partial charge in [0.05, 0.1) is 23.1 Å². The number of nitrogens with one attached hydrogen (secondary N) is 1. The molecule has 2 atom stereocenters. The SMILES string of the molecule is Cc1nc2ccc(C3=CCN(C(=O)[C@H]4CCCCN4)CC3)cc2n1C(C)c1ccc(Cl)cc1Cl. The minimum Gasteiger partial charge on any atom is -0.337 e. The van der Waals surface area contributed by atoms with Gasteiger partial charge in [-0.3, -0.25) is 4.79 Å². The summed E-state index contributed by atoms with van der Waals surface area (Å²) >= 11 is 12.6. The molecule has 2 aliphatic heterocycles. The van der Waals surface area contributed by atoms with E-state index in [0.29, 0.717) is 16.6 Å². The topological polar surface area (TPSA) is 50.2 Å². The van der Waals surface area contributed by atoms with E-state index in [-0.39, 0.29) is 18.0 Å². The number of halogens is 2. The number of fused-ring (bicyclic) bond motifs is 1. The highest BCUT2D eigenvalue weighted by Gasteiger charge is 2.27. The Labute approximate surface area is 210 Å². The second kappa shape index (κ2) is 9.73. The minimum atomic E-state index is -0.0152. The minimum absolute atomic E-state index is 0.0152. The predicted octanol–water partition coefficient (Wildman–Crippen LogP) is 6.02. The van der Waals surface area contributed by atoms with Gasteiger partial charge in [-0.05, 0) is 80.6 Å². The molecule has 178 valence electrons. The molecule has 1 unspecified atom stereocenters. The molecule has 3 heterocycles. The third kappa shape index (κ3) is 4.49. The lowest BCUT2D eigenvalue weighted by Crippen LogP contribution is -2.49. The van der Waals surface area contributed by atoms with Gasteiger partial charge in [0.1, 0.15) is 5.82 Å². The number of hydrogen-bond acceptors (Lipinski definition) is 3. The van der Waals surface area contributed by atoms with Gasteiger partial charge in [-0.1, -0.05) is 47.8 Å². The zero-order chi connectivity index (χ0) is 23.8. The maximum Gasteiger partial charge on any atom is 0.239 e. The number of aryl methyl sites for hydroxylation is 1. The Morgan fingerprint density at radius 1 is 1.18 bits per heavy atom. The molecule has 1 aromatic heterocycles. The van der Waals surface area contributed by atoms with Crippen LogP contribution < -0.4 is 5.32 Å². The zero-order valence-corrected chi connectivity index (χ0v) is 21.2. The summed E-state index contributed by atoms with van der Waals surface area (Å²) in [4.78, 5) is 19.7. The highest BCUT2D eigenvalue weighted by molar-refractivity contribution is 6.35. The van der Waals surface area contributed by atoms with Gasteiger partial charge in [0.2, 0.25) is 5.91 Å². The summed E-state index contributed by atoms with van der Waals surface area (Å²) in [6.07, 6.45) is 6.30. The Morgan fingerprint density at radius 2 is 2.03 bits per heavy atom. The van der Waals surface area contributed by atoms with Crippen molar-refractivity contribution >= 4 is 45.7 Å². The van der Waals surface area contributed by atoms with Crippen LogP contribution in [0, 0.1) is 6.92 Å². The molecule has 5 rings (SSSR count). The molecule has 1 fully saturated rings. The summed E-state index contributed by atoms with van der Waals surface area (Å²) in [5, 5.41) is 4.67. The van der Waals surface area contributed by atoms with Crippen LogP contribution in [0.3, 0.4) is 0 Å². The average molecular weight is 497 g/mol. The predicted molar refractivity (Wildman–Crippen MR) is 140 cm³/mol. The van der Waals surface area contributed by atoms with Crippen molar-refractivity contribution in [2.75, 3.05) is 19.6 Å². The summed E-state index contributed by atoms with van der Waals surface area (Å²) in [5.74, 6) is 1.19. The number of carbonyl (C=O) groups is 1. The van der Waals surface area contributed by atoms with Gasteiger partial charge in [0, 0.05) is 23.1 Å². The molecule has 0 spiro atoms. The van der Waals surface area contributed by atoms with Crippen LogP contribution in [0.4, 0.5) is 0 Å². The van der Waals surface area contributed by atoms with Crippen LogP contribution in [0.25, 0.3) is 16.6 Å². The Balaban J connectivity index is 1.41. The highest BCUT2D eigenvalue weighted by atomic mass is 35.5. The molecule has 0 saturated carbocycles. The van der Waals surface area contributed by atoms with Crippen molar-refractivity contribution < 1.29 is 4.79 Å². The quantitative estimate of drug-likeness (QED) is 0.480. The second-order valence-corrected chi connectivity index (χ2v) is 10.2. The molecule has 1 saturated heterocycles. The number of rotatable bonds is 4. The molecule has 5 nitrogen and oxygen atoms in total. The Hall–Kier alpha value is -2.34. The first-order chi connectivity index (χ1) is 16.4. The highest BCUT2D eigenvalue weighted by Crippen LogP contribution is 2.33. The number of aromatic nitrogens is 2. The molecule has 1 amide bonds. The summed E-state index contributed by atoms with van der Waals surface area (Å²) in [5.41, 5.74) is 5.53. The molecule has 2 aromatic carbocycles. The van der Waals surface area contributed by atoms with Crippen molar-refractivity contribution in [2.45, 2.75) is 51.6 Å². The van der Waals surface area contributed by atoms with Crippen LogP contribution in [0.1, 0.15) is 55.6 Å². The summed E-state index contributed by atoms with van der Waals surface area (Å²) in [6, 6.07) is 12.1.